The van der Waals surface area contributed by atoms with Gasteiger partial charge in [0.1, 0.15) is 0 Å². The second-order valence-corrected chi connectivity index (χ2v) is 10.1. The van der Waals surface area contributed by atoms with E-state index in [9.17, 15) is 14.4 Å². The Bertz CT molecular complexity index is 898. The monoisotopic (exact) mass is 460 g/mol. The van der Waals surface area contributed by atoms with E-state index >= 15 is 0 Å². The van der Waals surface area contributed by atoms with Gasteiger partial charge in [-0.3, -0.25) is 19.7 Å². The molecule has 166 valence electrons. The summed E-state index contributed by atoms with van der Waals surface area (Å²) in [7, 11) is 0. The fourth-order valence-corrected chi connectivity index (χ4v) is 5.63. The summed E-state index contributed by atoms with van der Waals surface area (Å²) in [6, 6.07) is 3.68. The Morgan fingerprint density at radius 3 is 2.55 bits per heavy atom. The minimum atomic E-state index is -0.185. The van der Waals surface area contributed by atoms with Crippen LogP contribution >= 0.6 is 22.7 Å². The fourth-order valence-electron chi connectivity index (χ4n) is 4.31. The maximum absolute atomic E-state index is 12.7. The molecule has 3 heterocycles. The van der Waals surface area contributed by atoms with E-state index in [1.165, 1.54) is 41.9 Å². The third-order valence-electron chi connectivity index (χ3n) is 5.99. The number of nitrogens with zero attached hydrogens (tertiary/aromatic N) is 2. The summed E-state index contributed by atoms with van der Waals surface area (Å²) < 4.78 is 0. The Morgan fingerprint density at radius 1 is 1.06 bits per heavy atom. The molecule has 4 rings (SSSR count). The second kappa shape index (κ2) is 10.4. The van der Waals surface area contributed by atoms with Crippen molar-refractivity contribution in [3.05, 3.63) is 33.5 Å². The molecule has 0 aromatic carbocycles. The van der Waals surface area contributed by atoms with Crippen molar-refractivity contribution >= 4 is 45.5 Å². The topological polar surface area (TPSA) is 91.4 Å². The van der Waals surface area contributed by atoms with Gasteiger partial charge in [0.05, 0.1) is 17.0 Å². The van der Waals surface area contributed by atoms with Crippen molar-refractivity contribution in [2.75, 3.05) is 18.4 Å². The first kappa shape index (κ1) is 22.0. The van der Waals surface area contributed by atoms with Crippen LogP contribution in [0.4, 0.5) is 5.13 Å². The molecule has 0 radical (unpaired) electrons. The number of amides is 3. The van der Waals surface area contributed by atoms with E-state index in [2.05, 4.69) is 15.6 Å². The molecule has 2 aliphatic rings. The van der Waals surface area contributed by atoms with Gasteiger partial charge in [-0.15, -0.1) is 22.7 Å². The molecule has 1 saturated carbocycles. The summed E-state index contributed by atoms with van der Waals surface area (Å²) in [6.07, 6.45) is 7.41. The third-order valence-corrected chi connectivity index (χ3v) is 7.66. The van der Waals surface area contributed by atoms with E-state index in [0.29, 0.717) is 21.6 Å². The molecule has 0 bridgehead atoms. The zero-order valence-corrected chi connectivity index (χ0v) is 19.1. The molecule has 1 saturated heterocycles. The highest BCUT2D eigenvalue weighted by atomic mass is 32.1. The maximum atomic E-state index is 12.7. The Hall–Kier alpha value is -2.26. The van der Waals surface area contributed by atoms with Crippen molar-refractivity contribution in [2.24, 2.45) is 5.92 Å². The summed E-state index contributed by atoms with van der Waals surface area (Å²) >= 11 is 2.69. The van der Waals surface area contributed by atoms with Crippen LogP contribution < -0.4 is 10.6 Å². The molecule has 2 N–H and O–H groups in total. The number of likely N-dealkylation sites (tertiary alicyclic amines) is 1. The van der Waals surface area contributed by atoms with Gasteiger partial charge in [0.25, 0.3) is 5.91 Å². The van der Waals surface area contributed by atoms with Crippen molar-refractivity contribution in [1.29, 1.82) is 0 Å². The van der Waals surface area contributed by atoms with E-state index in [1.54, 1.807) is 11.4 Å². The zero-order valence-electron chi connectivity index (χ0n) is 17.5. The number of thiazole rings is 1. The first-order valence-electron chi connectivity index (χ1n) is 11.0. The van der Waals surface area contributed by atoms with Gasteiger partial charge in [-0.05, 0) is 37.1 Å². The van der Waals surface area contributed by atoms with E-state index in [0.717, 1.165) is 38.8 Å². The molecule has 1 aliphatic heterocycles. The molecule has 0 spiro atoms. The van der Waals surface area contributed by atoms with Crippen LogP contribution in [-0.2, 0) is 16.0 Å². The third kappa shape index (κ3) is 5.92. The normalized spacial score (nSPS) is 18.0. The van der Waals surface area contributed by atoms with Crippen LogP contribution in [0.15, 0.2) is 22.9 Å². The number of nitrogens with one attached hydrogen (secondary N) is 2. The van der Waals surface area contributed by atoms with Crippen LogP contribution in [0.1, 0.15) is 60.3 Å². The van der Waals surface area contributed by atoms with Crippen LogP contribution in [0.2, 0.25) is 0 Å². The molecule has 31 heavy (non-hydrogen) atoms. The molecule has 2 fully saturated rings. The summed E-state index contributed by atoms with van der Waals surface area (Å²) in [5.41, 5.74) is 0.647. The van der Waals surface area contributed by atoms with Crippen LogP contribution in [-0.4, -0.2) is 46.7 Å². The lowest BCUT2D eigenvalue weighted by molar-refractivity contribution is -0.137. The molecule has 2 aromatic heterocycles. The van der Waals surface area contributed by atoms with Gasteiger partial charge in [0.15, 0.2) is 5.13 Å². The minimum absolute atomic E-state index is 0.0708. The highest BCUT2D eigenvalue weighted by Crippen LogP contribution is 2.26. The standard InChI is InChI=1S/C22H28N4O3S2/c27-19(13-17-14-31-22(24-17)25-20(28)18-7-4-12-30-18)23-16-8-10-26(11-9-16)21(29)15-5-2-1-3-6-15/h4,7,12,14-16H,1-3,5-6,8-11,13H2,(H,23,27)(H,24,25,28). The average Bonchev–Trinajstić information content (AvgIpc) is 3.47. The predicted octanol–water partition coefficient (Wildman–Crippen LogP) is 3.69. The zero-order chi connectivity index (χ0) is 21.6. The number of rotatable bonds is 6. The summed E-state index contributed by atoms with van der Waals surface area (Å²) in [5.74, 6) is 0.261. The Kier molecular flexibility index (Phi) is 7.34. The van der Waals surface area contributed by atoms with Crippen molar-refractivity contribution < 1.29 is 14.4 Å². The molecular formula is C22H28N4O3S2. The highest BCUT2D eigenvalue weighted by molar-refractivity contribution is 7.14. The van der Waals surface area contributed by atoms with Gasteiger partial charge in [-0.2, -0.15) is 0 Å². The van der Waals surface area contributed by atoms with Crippen molar-refractivity contribution in [3.63, 3.8) is 0 Å². The number of aromatic nitrogens is 1. The number of carbonyl (C=O) groups excluding carboxylic acids is 3. The molecule has 0 atom stereocenters. The maximum Gasteiger partial charge on any atom is 0.267 e. The van der Waals surface area contributed by atoms with Gasteiger partial charge >= 0.3 is 0 Å². The number of piperidine rings is 1. The second-order valence-electron chi connectivity index (χ2n) is 8.25. The number of carbonyl (C=O) groups is 3. The molecule has 2 aromatic rings. The van der Waals surface area contributed by atoms with Crippen molar-refractivity contribution in [1.82, 2.24) is 15.2 Å². The molecule has 7 nitrogen and oxygen atoms in total. The molecule has 9 heteroatoms. The van der Waals surface area contributed by atoms with Crippen LogP contribution in [0.25, 0.3) is 0 Å². The smallest absolute Gasteiger partial charge is 0.267 e. The lowest BCUT2D eigenvalue weighted by Crippen LogP contribution is -2.48. The number of thiophene rings is 1. The molecule has 1 aliphatic carbocycles. The summed E-state index contributed by atoms with van der Waals surface area (Å²) in [4.78, 5) is 44.2. The molecule has 3 amide bonds. The number of anilines is 1. The first-order valence-corrected chi connectivity index (χ1v) is 12.7. The van der Waals surface area contributed by atoms with Gasteiger partial charge in [-0.25, -0.2) is 4.98 Å². The summed E-state index contributed by atoms with van der Waals surface area (Å²) in [5, 5.41) is 10.00. The average molecular weight is 461 g/mol. The fraction of sp³-hybridized carbons (Fsp3) is 0.545. The molecular weight excluding hydrogens is 432 g/mol. The number of hydrogen-bond acceptors (Lipinski definition) is 6. The van der Waals surface area contributed by atoms with Crippen molar-refractivity contribution in [3.8, 4) is 0 Å². The van der Waals surface area contributed by atoms with Crippen molar-refractivity contribution in [2.45, 2.75) is 57.4 Å². The van der Waals surface area contributed by atoms with Crippen LogP contribution in [0.3, 0.4) is 0 Å². The van der Waals surface area contributed by atoms with E-state index in [-0.39, 0.29) is 30.2 Å². The van der Waals surface area contributed by atoms with Crippen LogP contribution in [0.5, 0.6) is 0 Å². The highest BCUT2D eigenvalue weighted by Gasteiger charge is 2.29. The SMILES string of the molecule is O=C(Cc1csc(NC(=O)c2cccs2)n1)NC1CCN(C(=O)C2CCCCC2)CC1. The predicted molar refractivity (Wildman–Crippen MR) is 122 cm³/mol. The van der Waals surface area contributed by atoms with E-state index in [1.807, 2.05) is 16.3 Å². The minimum Gasteiger partial charge on any atom is -0.353 e. The van der Waals surface area contributed by atoms with Gasteiger partial charge < -0.3 is 10.2 Å². The molecule has 0 unspecified atom stereocenters. The number of hydrogen-bond donors (Lipinski definition) is 2. The Morgan fingerprint density at radius 2 is 1.84 bits per heavy atom. The van der Waals surface area contributed by atoms with Gasteiger partial charge in [0.2, 0.25) is 11.8 Å². The quantitative estimate of drug-likeness (QED) is 0.688. The Labute approximate surface area is 190 Å². The van der Waals surface area contributed by atoms with Gasteiger partial charge in [0, 0.05) is 30.4 Å². The van der Waals surface area contributed by atoms with E-state index < -0.39 is 0 Å². The lowest BCUT2D eigenvalue weighted by atomic mass is 9.87. The van der Waals surface area contributed by atoms with Crippen LogP contribution in [0, 0.1) is 5.92 Å². The van der Waals surface area contributed by atoms with E-state index in [4.69, 9.17) is 0 Å². The first-order chi connectivity index (χ1) is 15.1. The lowest BCUT2D eigenvalue weighted by Gasteiger charge is -2.35. The Balaban J connectivity index is 1.20. The largest absolute Gasteiger partial charge is 0.353 e. The van der Waals surface area contributed by atoms with Gasteiger partial charge in [-0.1, -0.05) is 25.3 Å². The summed E-state index contributed by atoms with van der Waals surface area (Å²) in [6.45, 7) is 1.44.